The van der Waals surface area contributed by atoms with E-state index >= 15 is 0 Å². The van der Waals surface area contributed by atoms with E-state index in [9.17, 15) is 32.7 Å². The Morgan fingerprint density at radius 3 is 2.51 bits per heavy atom. The lowest BCUT2D eigenvalue weighted by Crippen LogP contribution is -2.53. The van der Waals surface area contributed by atoms with Crippen LogP contribution in [0.5, 0.6) is 0 Å². The van der Waals surface area contributed by atoms with E-state index in [1.807, 2.05) is 12.2 Å². The van der Waals surface area contributed by atoms with Crippen LogP contribution in [0.15, 0.2) is 12.2 Å². The van der Waals surface area contributed by atoms with Crippen LogP contribution >= 0.6 is 0 Å². The number of hydrogen-bond acceptors (Lipinski definition) is 8. The molecule has 1 saturated carbocycles. The van der Waals surface area contributed by atoms with Crippen molar-refractivity contribution < 1.29 is 37.4 Å². The molecular formula is C26H42N4O8S. The molecular weight excluding hydrogens is 528 g/mol. The van der Waals surface area contributed by atoms with Gasteiger partial charge in [-0.15, -0.1) is 0 Å². The molecule has 5 atom stereocenters. The Morgan fingerprint density at radius 1 is 1.18 bits per heavy atom. The number of aliphatic hydroxyl groups excluding tert-OH is 1. The SMILES string of the molecule is CN(C)S(=O)(=O)NC(=O)[C@]12CC(=O)[C@@H]3C[C@@H](O)CN3C(=O)[C@@H](NC(=O)OC(C)(C)C)CCCCC/C=C\[C@@H]1C2. The van der Waals surface area contributed by atoms with Gasteiger partial charge in [-0.05, 0) is 52.4 Å². The molecule has 0 unspecified atom stereocenters. The van der Waals surface area contributed by atoms with Crippen LogP contribution in [0.1, 0.15) is 72.1 Å². The Balaban J connectivity index is 1.88. The summed E-state index contributed by atoms with van der Waals surface area (Å²) in [5.41, 5.74) is -2.02. The number of amides is 3. The summed E-state index contributed by atoms with van der Waals surface area (Å²) in [6.07, 6.45) is 5.44. The minimum atomic E-state index is -4.07. The number of fused-ring (bicyclic) bond motifs is 2. The highest BCUT2D eigenvalue weighted by Crippen LogP contribution is 2.57. The van der Waals surface area contributed by atoms with Crippen LogP contribution in [-0.4, -0.2) is 90.8 Å². The summed E-state index contributed by atoms with van der Waals surface area (Å²) in [5, 5.41) is 13.1. The maximum atomic E-state index is 13.6. The van der Waals surface area contributed by atoms with E-state index < -0.39 is 63.1 Å². The van der Waals surface area contributed by atoms with Crippen LogP contribution in [0.4, 0.5) is 4.79 Å². The van der Waals surface area contributed by atoms with Crippen LogP contribution in [0.2, 0.25) is 0 Å². The van der Waals surface area contributed by atoms with Crippen molar-refractivity contribution in [2.45, 2.75) is 95.9 Å². The molecule has 0 aromatic heterocycles. The number of ketones is 1. The maximum absolute atomic E-state index is 13.6. The van der Waals surface area contributed by atoms with Crippen molar-refractivity contribution in [2.24, 2.45) is 11.3 Å². The molecule has 0 radical (unpaired) electrons. The third-order valence-electron chi connectivity index (χ3n) is 7.43. The van der Waals surface area contributed by atoms with Crippen molar-refractivity contribution in [3.8, 4) is 0 Å². The molecule has 0 bridgehead atoms. The Morgan fingerprint density at radius 2 is 1.87 bits per heavy atom. The third-order valence-corrected chi connectivity index (χ3v) is 8.84. The molecule has 3 rings (SSSR count). The molecule has 0 aromatic rings. The number of alkyl carbamates (subject to hydrolysis) is 1. The molecule has 13 heteroatoms. The number of allylic oxidation sites excluding steroid dienone is 2. The van der Waals surface area contributed by atoms with Gasteiger partial charge in [-0.2, -0.15) is 12.7 Å². The van der Waals surface area contributed by atoms with Crippen LogP contribution < -0.4 is 10.0 Å². The first kappa shape index (κ1) is 31.0. The number of Topliss-reactive ketones (excluding diaryl/α,β-unsaturated/α-hetero) is 1. The summed E-state index contributed by atoms with van der Waals surface area (Å²) >= 11 is 0. The van der Waals surface area contributed by atoms with E-state index in [1.54, 1.807) is 20.8 Å². The zero-order valence-electron chi connectivity index (χ0n) is 23.4. The second-order valence-corrected chi connectivity index (χ2v) is 13.9. The van der Waals surface area contributed by atoms with E-state index in [2.05, 4.69) is 10.0 Å². The van der Waals surface area contributed by atoms with Crippen molar-refractivity contribution in [1.29, 1.82) is 0 Å². The quantitative estimate of drug-likeness (QED) is 0.425. The molecule has 1 saturated heterocycles. The van der Waals surface area contributed by atoms with Crippen LogP contribution in [-0.2, 0) is 29.3 Å². The smallest absolute Gasteiger partial charge is 0.408 e. The Labute approximate surface area is 230 Å². The van der Waals surface area contributed by atoms with E-state index in [0.717, 1.165) is 23.6 Å². The number of rotatable bonds is 4. The molecule has 3 aliphatic rings. The number of nitrogens with one attached hydrogen (secondary N) is 2. The summed E-state index contributed by atoms with van der Waals surface area (Å²) in [5.74, 6) is -2.01. The summed E-state index contributed by atoms with van der Waals surface area (Å²) in [4.78, 5) is 54.3. The number of hydrogen-bond donors (Lipinski definition) is 3. The highest BCUT2D eigenvalue weighted by molar-refractivity contribution is 7.87. The molecule has 220 valence electrons. The van der Waals surface area contributed by atoms with Gasteiger partial charge < -0.3 is 20.1 Å². The van der Waals surface area contributed by atoms with Crippen molar-refractivity contribution in [2.75, 3.05) is 20.6 Å². The van der Waals surface area contributed by atoms with Gasteiger partial charge in [-0.1, -0.05) is 25.0 Å². The standard InChI is InChI=1S/C26H42N4O8S/c1-25(2,3)38-24(35)27-19-12-10-8-6-7-9-11-17-14-26(17,23(34)28-39(36,37)29(4)5)15-21(32)20-13-18(31)16-30(20)22(19)33/h9,11,17-20,31H,6-8,10,12-16H2,1-5H3,(H,27,35)(H,28,34)/b11-9-/t17-,18-,19+,20+,26-/m1/s1. The highest BCUT2D eigenvalue weighted by Gasteiger charge is 2.61. The van der Waals surface area contributed by atoms with Crippen molar-refractivity contribution >= 4 is 33.9 Å². The first-order chi connectivity index (χ1) is 18.1. The van der Waals surface area contributed by atoms with Gasteiger partial charge in [0.1, 0.15) is 11.6 Å². The summed E-state index contributed by atoms with van der Waals surface area (Å²) in [6, 6.07) is -1.95. The fourth-order valence-corrected chi connectivity index (χ4v) is 5.81. The number of ether oxygens (including phenoxy) is 1. The Bertz CT molecular complexity index is 1100. The summed E-state index contributed by atoms with van der Waals surface area (Å²) in [6.45, 7) is 5.06. The number of carbonyl (C=O) groups is 4. The van der Waals surface area contributed by atoms with Gasteiger partial charge in [0, 0.05) is 33.5 Å². The summed E-state index contributed by atoms with van der Waals surface area (Å²) < 4.78 is 33.0. The third kappa shape index (κ3) is 7.79. The lowest BCUT2D eigenvalue weighted by molar-refractivity contribution is -0.140. The second kappa shape index (κ2) is 11.9. The molecule has 2 fully saturated rings. The molecule has 1 aliphatic carbocycles. The zero-order chi connectivity index (χ0) is 29.2. The van der Waals surface area contributed by atoms with Gasteiger partial charge >= 0.3 is 16.3 Å². The van der Waals surface area contributed by atoms with Crippen molar-refractivity contribution in [1.82, 2.24) is 19.2 Å². The maximum Gasteiger partial charge on any atom is 0.408 e. The van der Waals surface area contributed by atoms with Crippen molar-refractivity contribution in [3.05, 3.63) is 12.2 Å². The normalized spacial score (nSPS) is 31.4. The van der Waals surface area contributed by atoms with Gasteiger partial charge in [0.25, 0.3) is 0 Å². The first-order valence-corrected chi connectivity index (χ1v) is 14.9. The van der Waals surface area contributed by atoms with Crippen LogP contribution in [0.3, 0.4) is 0 Å². The molecule has 2 aliphatic heterocycles. The summed E-state index contributed by atoms with van der Waals surface area (Å²) in [7, 11) is -1.47. The fraction of sp³-hybridized carbons (Fsp3) is 0.769. The molecule has 3 amide bonds. The Kier molecular flexibility index (Phi) is 9.49. The second-order valence-electron chi connectivity index (χ2n) is 12.0. The molecule has 0 aromatic carbocycles. The van der Waals surface area contributed by atoms with Crippen LogP contribution in [0.25, 0.3) is 0 Å². The Hall–Kier alpha value is -2.51. The predicted molar refractivity (Wildman–Crippen MR) is 142 cm³/mol. The number of carbonyl (C=O) groups excluding carboxylic acids is 4. The lowest BCUT2D eigenvalue weighted by Gasteiger charge is -2.30. The van der Waals surface area contributed by atoms with E-state index in [4.69, 9.17) is 4.74 Å². The van der Waals surface area contributed by atoms with Gasteiger partial charge in [0.15, 0.2) is 5.78 Å². The molecule has 0 spiro atoms. The average Bonchev–Trinajstić information content (AvgIpc) is 3.35. The number of aliphatic hydroxyl groups is 1. The number of nitrogens with zero attached hydrogens (tertiary/aromatic N) is 2. The molecule has 3 N–H and O–H groups in total. The molecule has 2 heterocycles. The zero-order valence-corrected chi connectivity index (χ0v) is 24.3. The minimum absolute atomic E-state index is 0.00205. The van der Waals surface area contributed by atoms with E-state index in [-0.39, 0.29) is 25.3 Å². The average molecular weight is 571 g/mol. The van der Waals surface area contributed by atoms with Crippen molar-refractivity contribution in [3.63, 3.8) is 0 Å². The van der Waals surface area contributed by atoms with Gasteiger partial charge in [-0.3, -0.25) is 14.4 Å². The minimum Gasteiger partial charge on any atom is -0.444 e. The topological polar surface area (TPSA) is 162 Å². The lowest BCUT2D eigenvalue weighted by atomic mass is 9.91. The molecule has 12 nitrogen and oxygen atoms in total. The largest absolute Gasteiger partial charge is 0.444 e. The van der Waals surface area contributed by atoms with Gasteiger partial charge in [0.05, 0.1) is 17.6 Å². The first-order valence-electron chi connectivity index (χ1n) is 13.5. The highest BCUT2D eigenvalue weighted by atomic mass is 32.2. The van der Waals surface area contributed by atoms with Gasteiger partial charge in [0.2, 0.25) is 11.8 Å². The predicted octanol–water partition coefficient (Wildman–Crippen LogP) is 1.25. The molecule has 39 heavy (non-hydrogen) atoms. The van der Waals surface area contributed by atoms with E-state index in [0.29, 0.717) is 19.3 Å². The fourth-order valence-electron chi connectivity index (χ4n) is 5.19. The van der Waals surface area contributed by atoms with Crippen LogP contribution in [0, 0.1) is 11.3 Å². The monoisotopic (exact) mass is 570 g/mol. The van der Waals surface area contributed by atoms with Gasteiger partial charge in [-0.25, -0.2) is 9.52 Å². The van der Waals surface area contributed by atoms with E-state index in [1.165, 1.54) is 19.0 Å².